The van der Waals surface area contributed by atoms with E-state index < -0.39 is 0 Å². The molecule has 0 amide bonds. The van der Waals surface area contributed by atoms with Gasteiger partial charge in [0, 0.05) is 20.1 Å². The summed E-state index contributed by atoms with van der Waals surface area (Å²) in [7, 11) is 0. The van der Waals surface area contributed by atoms with Crippen molar-refractivity contribution >= 4 is 49.3 Å². The van der Waals surface area contributed by atoms with Gasteiger partial charge in [0.05, 0.1) is 0 Å². The zero-order chi connectivity index (χ0) is 8.27. The van der Waals surface area contributed by atoms with Crippen molar-refractivity contribution in [2.45, 2.75) is 6.92 Å². The Labute approximate surface area is 87.6 Å². The van der Waals surface area contributed by atoms with Crippen LogP contribution in [0.2, 0.25) is 0 Å². The van der Waals surface area contributed by atoms with E-state index in [1.54, 1.807) is 11.3 Å². The third-order valence-corrected chi connectivity index (χ3v) is 3.71. The lowest BCUT2D eigenvalue weighted by Gasteiger charge is -1.89. The van der Waals surface area contributed by atoms with Crippen LogP contribution in [0.25, 0.3) is 6.08 Å². The highest BCUT2D eigenvalue weighted by atomic mass is 79.9. The zero-order valence-corrected chi connectivity index (χ0v) is 10.1. The standard InChI is InChI=1S/C8H8Br2S/c1-6(4-9)2-8-3-7(10)5-11-8/h2-3,5H,4H2,1H3. The highest BCUT2D eigenvalue weighted by molar-refractivity contribution is 9.10. The summed E-state index contributed by atoms with van der Waals surface area (Å²) in [5.41, 5.74) is 1.35. The van der Waals surface area contributed by atoms with Gasteiger partial charge >= 0.3 is 0 Å². The van der Waals surface area contributed by atoms with E-state index in [1.807, 2.05) is 0 Å². The number of rotatable bonds is 2. The van der Waals surface area contributed by atoms with Gasteiger partial charge in [0.15, 0.2) is 0 Å². The summed E-state index contributed by atoms with van der Waals surface area (Å²) in [5.74, 6) is 0. The summed E-state index contributed by atoms with van der Waals surface area (Å²) in [6.07, 6.45) is 2.18. The molecule has 60 valence electrons. The molecule has 0 spiro atoms. The number of alkyl halides is 1. The smallest absolute Gasteiger partial charge is 0.0288 e. The van der Waals surface area contributed by atoms with Gasteiger partial charge in [-0.05, 0) is 35.0 Å². The largest absolute Gasteiger partial charge is 0.143 e. The first kappa shape index (κ1) is 9.49. The van der Waals surface area contributed by atoms with Gasteiger partial charge < -0.3 is 0 Å². The summed E-state index contributed by atoms with van der Waals surface area (Å²) in [6.45, 7) is 2.11. The van der Waals surface area contributed by atoms with Crippen molar-refractivity contribution in [1.82, 2.24) is 0 Å². The Bertz CT molecular complexity index is 263. The van der Waals surface area contributed by atoms with Gasteiger partial charge in [-0.25, -0.2) is 0 Å². The molecule has 0 unspecified atom stereocenters. The third kappa shape index (κ3) is 3.09. The molecular formula is C8H8Br2S. The van der Waals surface area contributed by atoms with Crippen molar-refractivity contribution in [1.29, 1.82) is 0 Å². The molecule has 1 rings (SSSR count). The molecule has 11 heavy (non-hydrogen) atoms. The van der Waals surface area contributed by atoms with Crippen LogP contribution in [-0.4, -0.2) is 5.33 Å². The second kappa shape index (κ2) is 4.43. The van der Waals surface area contributed by atoms with E-state index in [2.05, 4.69) is 56.3 Å². The van der Waals surface area contributed by atoms with Crippen LogP contribution in [0.15, 0.2) is 21.5 Å². The normalized spacial score (nSPS) is 12.1. The Morgan fingerprint density at radius 2 is 2.45 bits per heavy atom. The van der Waals surface area contributed by atoms with E-state index in [-0.39, 0.29) is 0 Å². The van der Waals surface area contributed by atoms with Gasteiger partial charge in [-0.2, -0.15) is 0 Å². The Morgan fingerprint density at radius 1 is 1.73 bits per heavy atom. The maximum atomic E-state index is 3.41. The minimum absolute atomic E-state index is 0.947. The van der Waals surface area contributed by atoms with Gasteiger partial charge in [0.25, 0.3) is 0 Å². The van der Waals surface area contributed by atoms with E-state index in [0.29, 0.717) is 0 Å². The topological polar surface area (TPSA) is 0 Å². The van der Waals surface area contributed by atoms with Gasteiger partial charge in [0.2, 0.25) is 0 Å². The van der Waals surface area contributed by atoms with E-state index in [9.17, 15) is 0 Å². The lowest BCUT2D eigenvalue weighted by molar-refractivity contribution is 1.46. The molecule has 0 aromatic carbocycles. The van der Waals surface area contributed by atoms with Gasteiger partial charge in [-0.1, -0.05) is 21.5 Å². The van der Waals surface area contributed by atoms with Crippen LogP contribution in [0, 0.1) is 0 Å². The molecule has 0 radical (unpaired) electrons. The van der Waals surface area contributed by atoms with Crippen LogP contribution in [0.5, 0.6) is 0 Å². The molecular weight excluding hydrogens is 288 g/mol. The molecule has 0 bridgehead atoms. The molecule has 0 aliphatic rings. The monoisotopic (exact) mass is 294 g/mol. The maximum Gasteiger partial charge on any atom is 0.0288 e. The van der Waals surface area contributed by atoms with Crippen molar-refractivity contribution < 1.29 is 0 Å². The molecule has 1 aromatic rings. The lowest BCUT2D eigenvalue weighted by atomic mass is 10.3. The van der Waals surface area contributed by atoms with Crippen LogP contribution in [0.1, 0.15) is 11.8 Å². The predicted octanol–water partition coefficient (Wildman–Crippen LogP) is 4.31. The molecule has 0 saturated heterocycles. The van der Waals surface area contributed by atoms with Crippen LogP contribution in [0.4, 0.5) is 0 Å². The minimum Gasteiger partial charge on any atom is -0.143 e. The van der Waals surface area contributed by atoms with E-state index >= 15 is 0 Å². The number of hydrogen-bond donors (Lipinski definition) is 0. The molecule has 0 nitrogen and oxygen atoms in total. The van der Waals surface area contributed by atoms with E-state index in [0.717, 1.165) is 9.80 Å². The molecule has 0 atom stereocenters. The summed E-state index contributed by atoms with van der Waals surface area (Å²) >= 11 is 8.57. The Hall–Kier alpha value is 0.400. The zero-order valence-electron chi connectivity index (χ0n) is 6.10. The van der Waals surface area contributed by atoms with Crippen LogP contribution >= 0.6 is 43.2 Å². The van der Waals surface area contributed by atoms with Crippen molar-refractivity contribution in [2.75, 3.05) is 5.33 Å². The predicted molar refractivity (Wildman–Crippen MR) is 59.5 cm³/mol. The van der Waals surface area contributed by atoms with Crippen LogP contribution in [0.3, 0.4) is 0 Å². The first-order chi connectivity index (χ1) is 5.22. The number of hydrogen-bond acceptors (Lipinski definition) is 1. The van der Waals surface area contributed by atoms with E-state index in [4.69, 9.17) is 0 Å². The second-order valence-corrected chi connectivity index (χ2v) is 4.71. The van der Waals surface area contributed by atoms with Crippen LogP contribution < -0.4 is 0 Å². The van der Waals surface area contributed by atoms with Crippen LogP contribution in [-0.2, 0) is 0 Å². The lowest BCUT2D eigenvalue weighted by Crippen LogP contribution is -1.72. The molecule has 0 aliphatic heterocycles. The SMILES string of the molecule is CC(=Cc1cc(Br)cs1)CBr. The highest BCUT2D eigenvalue weighted by Gasteiger charge is 1.93. The third-order valence-electron chi connectivity index (χ3n) is 1.19. The highest BCUT2D eigenvalue weighted by Crippen LogP contribution is 2.22. The number of thiophene rings is 1. The van der Waals surface area contributed by atoms with Crippen molar-refractivity contribution in [3.63, 3.8) is 0 Å². The number of halogens is 2. The Morgan fingerprint density at radius 3 is 2.91 bits per heavy atom. The maximum absolute atomic E-state index is 3.41. The quantitative estimate of drug-likeness (QED) is 0.713. The Balaban J connectivity index is 2.78. The van der Waals surface area contributed by atoms with Crippen molar-refractivity contribution in [2.24, 2.45) is 0 Å². The van der Waals surface area contributed by atoms with Gasteiger partial charge in [0.1, 0.15) is 0 Å². The second-order valence-electron chi connectivity index (χ2n) is 2.29. The molecule has 0 saturated carbocycles. The first-order valence-electron chi connectivity index (χ1n) is 3.19. The minimum atomic E-state index is 0.947. The van der Waals surface area contributed by atoms with E-state index in [1.165, 1.54) is 10.5 Å². The molecule has 0 N–H and O–H groups in total. The Kier molecular flexibility index (Phi) is 3.82. The fourth-order valence-corrected chi connectivity index (χ4v) is 2.31. The molecule has 1 heterocycles. The molecule has 0 fully saturated rings. The average Bonchev–Trinajstić information content (AvgIpc) is 2.35. The summed E-state index contributed by atoms with van der Waals surface area (Å²) < 4.78 is 1.16. The molecule has 1 aromatic heterocycles. The molecule has 0 aliphatic carbocycles. The summed E-state index contributed by atoms with van der Waals surface area (Å²) in [6, 6.07) is 2.12. The first-order valence-corrected chi connectivity index (χ1v) is 5.99. The van der Waals surface area contributed by atoms with Crippen molar-refractivity contribution in [3.8, 4) is 0 Å². The summed E-state index contributed by atoms with van der Waals surface area (Å²) in [5, 5.41) is 3.04. The molecule has 3 heteroatoms. The fourth-order valence-electron chi connectivity index (χ4n) is 0.685. The summed E-state index contributed by atoms with van der Waals surface area (Å²) in [4.78, 5) is 1.30. The number of allylic oxidation sites excluding steroid dienone is 1. The average molecular weight is 296 g/mol. The van der Waals surface area contributed by atoms with Gasteiger partial charge in [-0.15, -0.1) is 11.3 Å². The fraction of sp³-hybridized carbons (Fsp3) is 0.250. The van der Waals surface area contributed by atoms with Gasteiger partial charge in [-0.3, -0.25) is 0 Å². The van der Waals surface area contributed by atoms with Crippen molar-refractivity contribution in [3.05, 3.63) is 26.4 Å².